The summed E-state index contributed by atoms with van der Waals surface area (Å²) in [5.74, 6) is 0.922. The number of methoxy groups -OCH3 is 1. The van der Waals surface area contributed by atoms with E-state index in [0.717, 1.165) is 33.3 Å². The van der Waals surface area contributed by atoms with Gasteiger partial charge in [0, 0.05) is 0 Å². The molecule has 0 radical (unpaired) electrons. The maximum Gasteiger partial charge on any atom is 0.338 e. The average molecular weight is 648 g/mol. The molecule has 9 heteroatoms. The molecule has 7 nitrogen and oxygen atoms in total. The highest BCUT2D eigenvalue weighted by Gasteiger charge is 2.34. The van der Waals surface area contributed by atoms with Crippen molar-refractivity contribution in [1.82, 2.24) is 4.57 Å². The number of thiazole rings is 1. The fourth-order valence-electron chi connectivity index (χ4n) is 4.84. The topological polar surface area (TPSA) is 79.1 Å². The molecule has 0 spiro atoms. The monoisotopic (exact) mass is 646 g/mol. The van der Waals surface area contributed by atoms with E-state index in [9.17, 15) is 9.59 Å². The summed E-state index contributed by atoms with van der Waals surface area (Å²) in [5, 5.41) is 0. The third kappa shape index (κ3) is 6.27. The first-order valence-corrected chi connectivity index (χ1v) is 15.4. The molecule has 2 heterocycles. The van der Waals surface area contributed by atoms with Gasteiger partial charge >= 0.3 is 5.97 Å². The van der Waals surface area contributed by atoms with E-state index < -0.39 is 12.0 Å². The fourth-order valence-corrected chi connectivity index (χ4v) is 6.42. The maximum absolute atomic E-state index is 14.0. The lowest BCUT2D eigenvalue weighted by atomic mass is 9.94. The molecule has 42 heavy (non-hydrogen) atoms. The second-order valence-corrected chi connectivity index (χ2v) is 11.5. The smallest absolute Gasteiger partial charge is 0.338 e. The maximum atomic E-state index is 14.0. The first kappa shape index (κ1) is 29.5. The van der Waals surface area contributed by atoms with E-state index in [1.165, 1.54) is 11.3 Å². The van der Waals surface area contributed by atoms with E-state index in [2.05, 4.69) is 15.9 Å². The summed E-state index contributed by atoms with van der Waals surface area (Å²) in [5.41, 5.74) is 3.50. The highest BCUT2D eigenvalue weighted by Crippen LogP contribution is 2.36. The quantitative estimate of drug-likeness (QED) is 0.200. The van der Waals surface area contributed by atoms with Crippen LogP contribution in [0.2, 0.25) is 0 Å². The molecule has 0 saturated carbocycles. The van der Waals surface area contributed by atoms with Crippen LogP contribution in [0.25, 0.3) is 6.08 Å². The zero-order valence-corrected chi connectivity index (χ0v) is 26.0. The summed E-state index contributed by atoms with van der Waals surface area (Å²) < 4.78 is 19.7. The van der Waals surface area contributed by atoms with E-state index >= 15 is 0 Å². The Hall–Kier alpha value is -3.95. The van der Waals surface area contributed by atoms with Gasteiger partial charge in [-0.05, 0) is 76.3 Å². The van der Waals surface area contributed by atoms with Gasteiger partial charge in [-0.2, -0.15) is 0 Å². The molecule has 3 aromatic carbocycles. The van der Waals surface area contributed by atoms with Crippen molar-refractivity contribution < 1.29 is 19.0 Å². The number of ether oxygens (including phenoxy) is 3. The van der Waals surface area contributed by atoms with Crippen molar-refractivity contribution in [1.29, 1.82) is 0 Å². The number of carbonyl (C=O) groups is 1. The Labute approximate surface area is 256 Å². The molecule has 4 aromatic rings. The Balaban J connectivity index is 1.57. The molecule has 0 fully saturated rings. The van der Waals surface area contributed by atoms with Crippen molar-refractivity contribution in [3.63, 3.8) is 0 Å². The summed E-state index contributed by atoms with van der Waals surface area (Å²) in [4.78, 5) is 32.7. The van der Waals surface area contributed by atoms with E-state index in [0.29, 0.717) is 39.4 Å². The molecule has 1 aliphatic heterocycles. The summed E-state index contributed by atoms with van der Waals surface area (Å²) >= 11 is 4.87. The molecule has 1 aliphatic rings. The summed E-state index contributed by atoms with van der Waals surface area (Å²) in [6, 6.07) is 22.5. The second kappa shape index (κ2) is 13.4. The third-order valence-electron chi connectivity index (χ3n) is 6.81. The first-order chi connectivity index (χ1) is 20.4. The van der Waals surface area contributed by atoms with Gasteiger partial charge in [0.15, 0.2) is 4.80 Å². The van der Waals surface area contributed by atoms with Crippen LogP contribution in [-0.2, 0) is 16.1 Å². The number of rotatable bonds is 10. The number of halogens is 1. The minimum absolute atomic E-state index is 0.218. The highest BCUT2D eigenvalue weighted by atomic mass is 79.9. The van der Waals surface area contributed by atoms with Crippen LogP contribution in [0.4, 0.5) is 0 Å². The van der Waals surface area contributed by atoms with Crippen LogP contribution in [0, 0.1) is 0 Å². The van der Waals surface area contributed by atoms with Gasteiger partial charge in [-0.15, -0.1) is 0 Å². The van der Waals surface area contributed by atoms with Crippen LogP contribution in [0.15, 0.2) is 98.3 Å². The molecule has 0 bridgehead atoms. The molecule has 0 amide bonds. The largest absolute Gasteiger partial charge is 0.496 e. The van der Waals surface area contributed by atoms with Gasteiger partial charge in [0.1, 0.15) is 18.1 Å². The molecule has 0 aliphatic carbocycles. The lowest BCUT2D eigenvalue weighted by molar-refractivity contribution is -0.139. The summed E-state index contributed by atoms with van der Waals surface area (Å²) in [6.45, 7) is 4.50. The normalized spacial score (nSPS) is 14.8. The van der Waals surface area contributed by atoms with Gasteiger partial charge in [0.2, 0.25) is 0 Å². The van der Waals surface area contributed by atoms with Gasteiger partial charge in [0.25, 0.3) is 5.56 Å². The third-order valence-corrected chi connectivity index (χ3v) is 8.41. The average Bonchev–Trinajstić information content (AvgIpc) is 3.30. The van der Waals surface area contributed by atoms with E-state index in [1.54, 1.807) is 18.6 Å². The zero-order valence-electron chi connectivity index (χ0n) is 23.6. The van der Waals surface area contributed by atoms with Crippen LogP contribution in [0.5, 0.6) is 11.5 Å². The number of benzene rings is 3. The standard InChI is InChI=1S/C33H31BrN2O5S/c1-4-9-26-29(32(38)40-5-2)30(23-14-17-27(39-3)25(34)19-23)36-31(37)28(42-33(36)35-26)18-21-12-15-24(16-13-21)41-20-22-10-7-6-8-11-22/h6-8,10-19,30H,4-5,9,20H2,1-3H3/b28-18-. The molecule has 0 N–H and O–H groups in total. The minimum Gasteiger partial charge on any atom is -0.496 e. The van der Waals surface area contributed by atoms with Crippen molar-refractivity contribution in [3.8, 4) is 11.5 Å². The van der Waals surface area contributed by atoms with Crippen molar-refractivity contribution in [2.45, 2.75) is 39.3 Å². The molecule has 0 saturated heterocycles. The molecular formula is C33H31BrN2O5S. The fraction of sp³-hybridized carbons (Fsp3) is 0.242. The van der Waals surface area contributed by atoms with Crippen molar-refractivity contribution in [3.05, 3.63) is 125 Å². The van der Waals surface area contributed by atoms with Gasteiger partial charge < -0.3 is 14.2 Å². The zero-order chi connectivity index (χ0) is 29.6. The Morgan fingerprint density at radius 3 is 2.50 bits per heavy atom. The minimum atomic E-state index is -0.694. The molecule has 5 rings (SSSR count). The highest BCUT2D eigenvalue weighted by molar-refractivity contribution is 9.10. The number of hydrogen-bond donors (Lipinski definition) is 0. The lowest BCUT2D eigenvalue weighted by Crippen LogP contribution is -2.40. The van der Waals surface area contributed by atoms with E-state index in [4.69, 9.17) is 19.2 Å². The first-order valence-electron chi connectivity index (χ1n) is 13.8. The SMILES string of the molecule is CCCC1=C(C(=O)OCC)C(c2ccc(OC)c(Br)c2)n2c(s/c(=C\c3ccc(OCc4ccccc4)cc3)c2=O)=N1. The second-order valence-electron chi connectivity index (χ2n) is 9.65. The molecule has 1 atom stereocenters. The Kier molecular flexibility index (Phi) is 9.39. The van der Waals surface area contributed by atoms with Crippen molar-refractivity contribution in [2.75, 3.05) is 13.7 Å². The number of hydrogen-bond acceptors (Lipinski definition) is 7. The van der Waals surface area contributed by atoms with Crippen molar-refractivity contribution in [2.24, 2.45) is 4.99 Å². The van der Waals surface area contributed by atoms with E-state index in [-0.39, 0.29) is 12.2 Å². The summed E-state index contributed by atoms with van der Waals surface area (Å²) in [7, 11) is 1.59. The number of fused-ring (bicyclic) bond motifs is 1. The van der Waals surface area contributed by atoms with Gasteiger partial charge in [-0.1, -0.05) is 73.2 Å². The van der Waals surface area contributed by atoms with E-state index in [1.807, 2.05) is 85.8 Å². The number of allylic oxidation sites excluding steroid dienone is 1. The van der Waals surface area contributed by atoms with Gasteiger partial charge in [0.05, 0.1) is 40.0 Å². The Morgan fingerprint density at radius 1 is 1.07 bits per heavy atom. The molecule has 216 valence electrons. The Morgan fingerprint density at radius 2 is 1.83 bits per heavy atom. The van der Waals surface area contributed by atoms with Crippen LogP contribution in [0.3, 0.4) is 0 Å². The van der Waals surface area contributed by atoms with Gasteiger partial charge in [-0.25, -0.2) is 9.79 Å². The lowest BCUT2D eigenvalue weighted by Gasteiger charge is -2.26. The Bertz CT molecular complexity index is 1790. The predicted molar refractivity (Wildman–Crippen MR) is 168 cm³/mol. The predicted octanol–water partition coefficient (Wildman–Crippen LogP) is 5.93. The molecule has 1 unspecified atom stereocenters. The van der Waals surface area contributed by atoms with Crippen LogP contribution >= 0.6 is 27.3 Å². The van der Waals surface area contributed by atoms with Crippen LogP contribution < -0.4 is 24.4 Å². The van der Waals surface area contributed by atoms with Gasteiger partial charge in [-0.3, -0.25) is 9.36 Å². The molecular weight excluding hydrogens is 616 g/mol. The number of nitrogens with zero attached hydrogens (tertiary/aromatic N) is 2. The number of esters is 1. The van der Waals surface area contributed by atoms with Crippen molar-refractivity contribution >= 4 is 39.3 Å². The number of carbonyl (C=O) groups excluding carboxylic acids is 1. The van der Waals surface area contributed by atoms with Crippen LogP contribution in [-0.4, -0.2) is 24.3 Å². The molecule has 1 aromatic heterocycles. The van der Waals surface area contributed by atoms with Crippen LogP contribution in [0.1, 0.15) is 49.4 Å². The number of aromatic nitrogens is 1. The summed E-state index contributed by atoms with van der Waals surface area (Å²) in [6.07, 6.45) is 3.21.